The van der Waals surface area contributed by atoms with E-state index in [0.29, 0.717) is 18.0 Å². The van der Waals surface area contributed by atoms with E-state index in [9.17, 15) is 9.59 Å². The number of hydrogen-bond acceptors (Lipinski definition) is 5. The third kappa shape index (κ3) is 4.62. The van der Waals surface area contributed by atoms with Gasteiger partial charge in [0.15, 0.2) is 11.5 Å². The summed E-state index contributed by atoms with van der Waals surface area (Å²) < 4.78 is 10.6. The van der Waals surface area contributed by atoms with E-state index in [4.69, 9.17) is 9.47 Å². The molecule has 31 heavy (non-hydrogen) atoms. The molecule has 0 aliphatic carbocycles. The fourth-order valence-corrected chi connectivity index (χ4v) is 3.69. The Labute approximate surface area is 180 Å². The lowest BCUT2D eigenvalue weighted by molar-refractivity contribution is -0.139. The van der Waals surface area contributed by atoms with Crippen molar-refractivity contribution in [2.75, 3.05) is 27.4 Å². The summed E-state index contributed by atoms with van der Waals surface area (Å²) in [5, 5.41) is 7.69. The van der Waals surface area contributed by atoms with Crippen LogP contribution in [0.25, 0.3) is 10.8 Å². The predicted octanol–water partition coefficient (Wildman–Crippen LogP) is 2.60. The van der Waals surface area contributed by atoms with Crippen molar-refractivity contribution in [3.8, 4) is 11.5 Å². The number of nitrogens with one attached hydrogen (secondary N) is 2. The summed E-state index contributed by atoms with van der Waals surface area (Å²) in [5.41, 5.74) is 1.93. The Morgan fingerprint density at radius 3 is 2.52 bits per heavy atom. The zero-order valence-electron chi connectivity index (χ0n) is 17.6. The molecule has 1 aliphatic rings. The van der Waals surface area contributed by atoms with Crippen molar-refractivity contribution in [2.24, 2.45) is 0 Å². The fraction of sp³-hybridized carbons (Fsp3) is 0.250. The van der Waals surface area contributed by atoms with E-state index in [2.05, 4.69) is 34.9 Å². The highest BCUT2D eigenvalue weighted by atomic mass is 16.7. The highest BCUT2D eigenvalue weighted by Crippen LogP contribution is 2.32. The maximum absolute atomic E-state index is 12.4. The lowest BCUT2D eigenvalue weighted by Gasteiger charge is -2.26. The molecule has 0 unspecified atom stereocenters. The van der Waals surface area contributed by atoms with E-state index < -0.39 is 11.8 Å². The summed E-state index contributed by atoms with van der Waals surface area (Å²) in [7, 11) is 3.91. The third-order valence-electron chi connectivity index (χ3n) is 5.36. The molecule has 3 aromatic carbocycles. The van der Waals surface area contributed by atoms with Gasteiger partial charge in [0.2, 0.25) is 6.79 Å². The van der Waals surface area contributed by atoms with E-state index in [1.165, 1.54) is 0 Å². The second kappa shape index (κ2) is 9.06. The minimum atomic E-state index is -0.673. The molecule has 2 N–H and O–H groups in total. The lowest BCUT2D eigenvalue weighted by Crippen LogP contribution is -2.42. The van der Waals surface area contributed by atoms with Gasteiger partial charge in [0.05, 0.1) is 6.04 Å². The summed E-state index contributed by atoms with van der Waals surface area (Å²) in [6, 6.07) is 19.6. The van der Waals surface area contributed by atoms with Gasteiger partial charge in [0.1, 0.15) is 0 Å². The van der Waals surface area contributed by atoms with E-state index in [0.717, 1.165) is 21.9 Å². The largest absolute Gasteiger partial charge is 0.454 e. The lowest BCUT2D eigenvalue weighted by atomic mass is 9.98. The molecule has 1 heterocycles. The van der Waals surface area contributed by atoms with Gasteiger partial charge in [-0.1, -0.05) is 48.5 Å². The van der Waals surface area contributed by atoms with Crippen LogP contribution in [-0.4, -0.2) is 44.1 Å². The molecule has 1 atom stereocenters. The zero-order valence-corrected chi connectivity index (χ0v) is 17.6. The molecule has 7 nitrogen and oxygen atoms in total. The molecular formula is C24H25N3O4. The predicted molar refractivity (Wildman–Crippen MR) is 118 cm³/mol. The van der Waals surface area contributed by atoms with Crippen LogP contribution in [0.4, 0.5) is 0 Å². The molecule has 2 amide bonds. The number of likely N-dealkylation sites (N-methyl/N-ethyl adjacent to an activating group) is 1. The average Bonchev–Trinajstić information content (AvgIpc) is 3.25. The van der Waals surface area contributed by atoms with Gasteiger partial charge in [-0.3, -0.25) is 9.59 Å². The van der Waals surface area contributed by atoms with Gasteiger partial charge in [-0.05, 0) is 48.1 Å². The average molecular weight is 419 g/mol. The first-order valence-corrected chi connectivity index (χ1v) is 10.1. The van der Waals surface area contributed by atoms with Crippen LogP contribution in [0.5, 0.6) is 11.5 Å². The van der Waals surface area contributed by atoms with Gasteiger partial charge in [0.25, 0.3) is 0 Å². The monoisotopic (exact) mass is 419 g/mol. The SMILES string of the molecule is CN(C)[C@H](CNC(=O)C(=O)NCc1ccc2c(c1)OCO2)c1cccc2ccccc12. The fourth-order valence-electron chi connectivity index (χ4n) is 3.69. The standard InChI is InChI=1S/C24H25N3O4/c1-27(2)20(19-9-5-7-17-6-3-4-8-18(17)19)14-26-24(29)23(28)25-13-16-10-11-21-22(12-16)31-15-30-21/h3-12,20H,13-15H2,1-2H3,(H,25,28)(H,26,29)/t20-/m1/s1. The van der Waals surface area contributed by atoms with E-state index in [1.54, 1.807) is 12.1 Å². The van der Waals surface area contributed by atoms with Gasteiger partial charge in [-0.25, -0.2) is 0 Å². The summed E-state index contributed by atoms with van der Waals surface area (Å²) in [4.78, 5) is 26.7. The Balaban J connectivity index is 1.37. The van der Waals surface area contributed by atoms with Crippen LogP contribution in [-0.2, 0) is 16.1 Å². The van der Waals surface area contributed by atoms with Crippen LogP contribution in [0.2, 0.25) is 0 Å². The van der Waals surface area contributed by atoms with Gasteiger partial charge >= 0.3 is 11.8 Å². The molecule has 0 spiro atoms. The van der Waals surface area contributed by atoms with Crippen molar-refractivity contribution in [1.29, 1.82) is 0 Å². The van der Waals surface area contributed by atoms with E-state index in [-0.39, 0.29) is 19.4 Å². The molecule has 0 bridgehead atoms. The van der Waals surface area contributed by atoms with Crippen LogP contribution in [0.3, 0.4) is 0 Å². The van der Waals surface area contributed by atoms with E-state index >= 15 is 0 Å². The summed E-state index contributed by atoms with van der Waals surface area (Å²) in [6.07, 6.45) is 0. The number of ether oxygens (including phenoxy) is 2. The molecule has 0 aromatic heterocycles. The molecule has 0 fully saturated rings. The Hall–Kier alpha value is -3.58. The molecule has 0 radical (unpaired) electrons. The van der Waals surface area contributed by atoms with Crippen molar-refractivity contribution in [3.63, 3.8) is 0 Å². The number of hydrogen-bond donors (Lipinski definition) is 2. The van der Waals surface area contributed by atoms with Gasteiger partial charge < -0.3 is 25.0 Å². The molecular weight excluding hydrogens is 394 g/mol. The van der Waals surface area contributed by atoms with Gasteiger partial charge in [-0.2, -0.15) is 0 Å². The Morgan fingerprint density at radius 1 is 0.935 bits per heavy atom. The Morgan fingerprint density at radius 2 is 1.68 bits per heavy atom. The number of nitrogens with zero attached hydrogens (tertiary/aromatic N) is 1. The van der Waals surface area contributed by atoms with E-state index in [1.807, 2.05) is 43.3 Å². The van der Waals surface area contributed by atoms with Crippen molar-refractivity contribution in [1.82, 2.24) is 15.5 Å². The highest BCUT2D eigenvalue weighted by Gasteiger charge is 2.20. The van der Waals surface area contributed by atoms with Crippen LogP contribution in [0.1, 0.15) is 17.2 Å². The normalized spacial score (nSPS) is 13.3. The second-order valence-electron chi connectivity index (χ2n) is 7.63. The van der Waals surface area contributed by atoms with Crippen molar-refractivity contribution >= 4 is 22.6 Å². The number of amides is 2. The topological polar surface area (TPSA) is 79.9 Å². The summed E-state index contributed by atoms with van der Waals surface area (Å²) >= 11 is 0. The quantitative estimate of drug-likeness (QED) is 0.601. The van der Waals surface area contributed by atoms with Crippen LogP contribution >= 0.6 is 0 Å². The first-order valence-electron chi connectivity index (χ1n) is 10.1. The highest BCUT2D eigenvalue weighted by molar-refractivity contribution is 6.35. The maximum Gasteiger partial charge on any atom is 0.309 e. The van der Waals surface area contributed by atoms with Crippen molar-refractivity contribution < 1.29 is 19.1 Å². The second-order valence-corrected chi connectivity index (χ2v) is 7.63. The molecule has 0 saturated carbocycles. The minimum Gasteiger partial charge on any atom is -0.454 e. The molecule has 7 heteroatoms. The summed E-state index contributed by atoms with van der Waals surface area (Å²) in [6.45, 7) is 0.734. The zero-order chi connectivity index (χ0) is 21.8. The number of carbonyl (C=O) groups excluding carboxylic acids is 2. The molecule has 4 rings (SSSR count). The molecule has 0 saturated heterocycles. The first kappa shape index (κ1) is 20.7. The van der Waals surface area contributed by atoms with Crippen LogP contribution in [0, 0.1) is 0 Å². The van der Waals surface area contributed by atoms with Crippen LogP contribution < -0.4 is 20.1 Å². The third-order valence-corrected chi connectivity index (χ3v) is 5.36. The van der Waals surface area contributed by atoms with Gasteiger partial charge in [-0.15, -0.1) is 0 Å². The van der Waals surface area contributed by atoms with Gasteiger partial charge in [0, 0.05) is 13.1 Å². The number of carbonyl (C=O) groups is 2. The number of benzene rings is 3. The molecule has 3 aromatic rings. The smallest absolute Gasteiger partial charge is 0.309 e. The minimum absolute atomic E-state index is 0.0725. The summed E-state index contributed by atoms with van der Waals surface area (Å²) in [5.74, 6) is -0.0166. The number of fused-ring (bicyclic) bond motifs is 2. The number of rotatable bonds is 6. The molecule has 160 valence electrons. The maximum atomic E-state index is 12.4. The Bertz CT molecular complexity index is 1110. The van der Waals surface area contributed by atoms with Crippen LogP contribution in [0.15, 0.2) is 60.7 Å². The molecule has 1 aliphatic heterocycles. The Kier molecular flexibility index (Phi) is 6.04. The van der Waals surface area contributed by atoms with Crippen molar-refractivity contribution in [3.05, 3.63) is 71.8 Å². The van der Waals surface area contributed by atoms with Crippen molar-refractivity contribution in [2.45, 2.75) is 12.6 Å². The first-order chi connectivity index (χ1) is 15.0.